The van der Waals surface area contributed by atoms with Crippen LogP contribution in [-0.4, -0.2) is 47.0 Å². The van der Waals surface area contributed by atoms with E-state index >= 15 is 0 Å². The predicted molar refractivity (Wildman–Crippen MR) is 93.8 cm³/mol. The summed E-state index contributed by atoms with van der Waals surface area (Å²) in [6.07, 6.45) is 2.62. The van der Waals surface area contributed by atoms with Crippen molar-refractivity contribution in [2.75, 3.05) is 31.1 Å². The van der Waals surface area contributed by atoms with Gasteiger partial charge in [-0.2, -0.15) is 11.8 Å². The predicted octanol–water partition coefficient (Wildman–Crippen LogP) is 2.26. The molecule has 0 atom stereocenters. The molecule has 1 aliphatic heterocycles. The van der Waals surface area contributed by atoms with Crippen molar-refractivity contribution in [1.29, 1.82) is 0 Å². The third-order valence-electron chi connectivity index (χ3n) is 2.80. The Labute approximate surface area is 140 Å². The molecule has 0 saturated carbocycles. The molecule has 2 N–H and O–H groups in total. The van der Waals surface area contributed by atoms with Gasteiger partial charge in [-0.25, -0.2) is 4.98 Å². The van der Waals surface area contributed by atoms with Crippen molar-refractivity contribution in [2.24, 2.45) is 10.7 Å². The maximum atomic E-state index is 5.97. The SMILES string of the molecule is I.NC(=NCCc1ccc(Cl)nc1)N1CCSCC1. The lowest BCUT2D eigenvalue weighted by Gasteiger charge is -2.27. The fourth-order valence-electron chi connectivity index (χ4n) is 1.75. The second kappa shape index (κ2) is 8.86. The van der Waals surface area contributed by atoms with E-state index in [-0.39, 0.29) is 24.0 Å². The molecule has 2 rings (SSSR count). The van der Waals surface area contributed by atoms with Gasteiger partial charge in [0.05, 0.1) is 0 Å². The Balaban J connectivity index is 0.00000180. The van der Waals surface area contributed by atoms with Gasteiger partial charge in [-0.3, -0.25) is 4.99 Å². The zero-order chi connectivity index (χ0) is 12.8. The Bertz CT molecular complexity index is 407. The van der Waals surface area contributed by atoms with E-state index in [1.165, 1.54) is 0 Å². The summed E-state index contributed by atoms with van der Waals surface area (Å²) in [5.41, 5.74) is 7.10. The summed E-state index contributed by atoms with van der Waals surface area (Å²) >= 11 is 7.70. The third kappa shape index (κ3) is 5.74. The van der Waals surface area contributed by atoms with E-state index in [1.54, 1.807) is 12.3 Å². The van der Waals surface area contributed by atoms with Gasteiger partial charge >= 0.3 is 0 Å². The van der Waals surface area contributed by atoms with Gasteiger partial charge in [-0.15, -0.1) is 24.0 Å². The molecule has 1 saturated heterocycles. The Morgan fingerprint density at radius 2 is 2.16 bits per heavy atom. The van der Waals surface area contributed by atoms with E-state index in [1.807, 2.05) is 17.8 Å². The second-order valence-electron chi connectivity index (χ2n) is 4.08. The molecule has 0 radical (unpaired) electrons. The first-order valence-corrected chi connectivity index (χ1v) is 7.52. The lowest BCUT2D eigenvalue weighted by molar-refractivity contribution is 0.456. The molecule has 0 bridgehead atoms. The summed E-state index contributed by atoms with van der Waals surface area (Å²) in [4.78, 5) is 10.6. The monoisotopic (exact) mass is 412 g/mol. The Hall–Kier alpha value is -0.210. The number of aromatic nitrogens is 1. The van der Waals surface area contributed by atoms with E-state index in [2.05, 4.69) is 14.9 Å². The first kappa shape index (κ1) is 16.8. The van der Waals surface area contributed by atoms with Crippen LogP contribution in [-0.2, 0) is 6.42 Å². The minimum atomic E-state index is 0. The minimum absolute atomic E-state index is 0. The van der Waals surface area contributed by atoms with Gasteiger partial charge in [0, 0.05) is 37.3 Å². The number of hydrogen-bond donors (Lipinski definition) is 1. The largest absolute Gasteiger partial charge is 0.370 e. The van der Waals surface area contributed by atoms with Gasteiger partial charge in [0.15, 0.2) is 5.96 Å². The van der Waals surface area contributed by atoms with Crippen LogP contribution in [0.5, 0.6) is 0 Å². The van der Waals surface area contributed by atoms with Gasteiger partial charge < -0.3 is 10.6 Å². The molecule has 0 aromatic carbocycles. The molecule has 2 heterocycles. The number of guanidine groups is 1. The van der Waals surface area contributed by atoms with Crippen molar-refractivity contribution in [1.82, 2.24) is 9.88 Å². The average Bonchev–Trinajstić information content (AvgIpc) is 2.42. The highest BCUT2D eigenvalue weighted by Gasteiger charge is 2.11. The highest BCUT2D eigenvalue weighted by molar-refractivity contribution is 14.0. The van der Waals surface area contributed by atoms with E-state index in [0.717, 1.165) is 36.6 Å². The summed E-state index contributed by atoms with van der Waals surface area (Å²) in [5.74, 6) is 2.94. The van der Waals surface area contributed by atoms with Crippen LogP contribution in [0.15, 0.2) is 23.3 Å². The van der Waals surface area contributed by atoms with E-state index < -0.39 is 0 Å². The number of pyridine rings is 1. The number of hydrogen-bond acceptors (Lipinski definition) is 3. The molecule has 1 aromatic heterocycles. The highest BCUT2D eigenvalue weighted by atomic mass is 127. The van der Waals surface area contributed by atoms with Crippen LogP contribution in [0.3, 0.4) is 0 Å². The maximum absolute atomic E-state index is 5.97. The number of aliphatic imine (C=N–C) groups is 1. The summed E-state index contributed by atoms with van der Waals surface area (Å²) in [6, 6.07) is 3.77. The van der Waals surface area contributed by atoms with Gasteiger partial charge in [0.25, 0.3) is 0 Å². The van der Waals surface area contributed by atoms with Crippen LogP contribution >= 0.6 is 47.3 Å². The molecule has 19 heavy (non-hydrogen) atoms. The quantitative estimate of drug-likeness (QED) is 0.358. The first-order valence-electron chi connectivity index (χ1n) is 5.99. The van der Waals surface area contributed by atoms with Crippen LogP contribution in [0.2, 0.25) is 5.15 Å². The van der Waals surface area contributed by atoms with Gasteiger partial charge in [-0.1, -0.05) is 17.7 Å². The number of nitrogens with zero attached hydrogens (tertiary/aromatic N) is 3. The average molecular weight is 413 g/mol. The zero-order valence-corrected chi connectivity index (χ0v) is 14.5. The zero-order valence-electron chi connectivity index (χ0n) is 10.6. The van der Waals surface area contributed by atoms with Crippen LogP contribution < -0.4 is 5.73 Å². The van der Waals surface area contributed by atoms with Crippen molar-refractivity contribution in [3.8, 4) is 0 Å². The third-order valence-corrected chi connectivity index (χ3v) is 3.96. The standard InChI is InChI=1S/C12H17ClN4S.HI/c13-11-2-1-10(9-16-11)3-4-15-12(14)17-5-7-18-8-6-17;/h1-2,9H,3-8H2,(H2,14,15);1H. The Kier molecular flexibility index (Phi) is 7.86. The lowest BCUT2D eigenvalue weighted by Crippen LogP contribution is -2.42. The topological polar surface area (TPSA) is 54.5 Å². The molecule has 1 aliphatic rings. The van der Waals surface area contributed by atoms with Crippen molar-refractivity contribution in [3.05, 3.63) is 29.0 Å². The molecule has 0 unspecified atom stereocenters. The van der Waals surface area contributed by atoms with Crippen LogP contribution in [0, 0.1) is 0 Å². The molecule has 7 heteroatoms. The summed E-state index contributed by atoms with van der Waals surface area (Å²) in [6.45, 7) is 2.70. The molecule has 1 aromatic rings. The number of thioether (sulfide) groups is 1. The second-order valence-corrected chi connectivity index (χ2v) is 5.69. The molecule has 4 nitrogen and oxygen atoms in total. The normalized spacial score (nSPS) is 16.1. The maximum Gasteiger partial charge on any atom is 0.191 e. The van der Waals surface area contributed by atoms with Crippen molar-refractivity contribution in [2.45, 2.75) is 6.42 Å². The molecule has 1 fully saturated rings. The molecular weight excluding hydrogens is 395 g/mol. The fourth-order valence-corrected chi connectivity index (χ4v) is 2.76. The Morgan fingerprint density at radius 3 is 2.79 bits per heavy atom. The smallest absolute Gasteiger partial charge is 0.191 e. The fraction of sp³-hybridized carbons (Fsp3) is 0.500. The van der Waals surface area contributed by atoms with E-state index in [4.69, 9.17) is 17.3 Å². The summed E-state index contributed by atoms with van der Waals surface area (Å²) in [5, 5.41) is 0.521. The van der Waals surface area contributed by atoms with Crippen LogP contribution in [0.1, 0.15) is 5.56 Å². The van der Waals surface area contributed by atoms with Crippen molar-refractivity contribution in [3.63, 3.8) is 0 Å². The first-order chi connectivity index (χ1) is 8.75. The van der Waals surface area contributed by atoms with Crippen LogP contribution in [0.25, 0.3) is 0 Å². The van der Waals surface area contributed by atoms with E-state index in [9.17, 15) is 0 Å². The summed E-state index contributed by atoms with van der Waals surface area (Å²) in [7, 11) is 0. The lowest BCUT2D eigenvalue weighted by atomic mass is 10.2. The highest BCUT2D eigenvalue weighted by Crippen LogP contribution is 2.09. The minimum Gasteiger partial charge on any atom is -0.370 e. The van der Waals surface area contributed by atoms with Crippen molar-refractivity contribution >= 4 is 53.3 Å². The number of halogens is 2. The van der Waals surface area contributed by atoms with E-state index in [0.29, 0.717) is 17.7 Å². The summed E-state index contributed by atoms with van der Waals surface area (Å²) < 4.78 is 0. The number of nitrogens with two attached hydrogens (primary N) is 1. The molecule has 0 amide bonds. The van der Waals surface area contributed by atoms with Gasteiger partial charge in [-0.05, 0) is 18.1 Å². The molecule has 0 spiro atoms. The molecule has 106 valence electrons. The molecular formula is C12H18ClIN4S. The van der Waals surface area contributed by atoms with Crippen LogP contribution in [0.4, 0.5) is 0 Å². The Morgan fingerprint density at radius 1 is 1.42 bits per heavy atom. The van der Waals surface area contributed by atoms with Gasteiger partial charge in [0.2, 0.25) is 0 Å². The number of rotatable bonds is 3. The molecule has 0 aliphatic carbocycles. The van der Waals surface area contributed by atoms with Gasteiger partial charge in [0.1, 0.15) is 5.15 Å². The van der Waals surface area contributed by atoms with Crippen molar-refractivity contribution < 1.29 is 0 Å².